The first-order valence-electron chi connectivity index (χ1n) is 7.46. The zero-order valence-corrected chi connectivity index (χ0v) is 12.3. The van der Waals surface area contributed by atoms with Crippen LogP contribution in [0.5, 0.6) is 0 Å². The van der Waals surface area contributed by atoms with Crippen molar-refractivity contribution in [3.8, 4) is 0 Å². The van der Waals surface area contributed by atoms with Crippen LogP contribution in [0, 0.1) is 11.8 Å². The van der Waals surface area contributed by atoms with Crippen LogP contribution in [0.15, 0.2) is 0 Å². The van der Waals surface area contributed by atoms with Crippen molar-refractivity contribution in [2.75, 3.05) is 5.75 Å². The van der Waals surface area contributed by atoms with Crippen molar-refractivity contribution in [1.82, 2.24) is 4.72 Å². The van der Waals surface area contributed by atoms with Crippen molar-refractivity contribution < 1.29 is 18.3 Å². The second kappa shape index (κ2) is 5.06. The number of rotatable bonds is 5. The SMILES string of the molecule is OC12CC3CC(C1)CC(NSCCCC(F)(F)F)(C3)C2. The van der Waals surface area contributed by atoms with Crippen molar-refractivity contribution in [1.29, 1.82) is 0 Å². The summed E-state index contributed by atoms with van der Waals surface area (Å²) in [4.78, 5) is 0. The monoisotopic (exact) mass is 309 g/mol. The Morgan fingerprint density at radius 3 is 2.35 bits per heavy atom. The van der Waals surface area contributed by atoms with E-state index in [9.17, 15) is 18.3 Å². The molecule has 4 bridgehead atoms. The minimum absolute atomic E-state index is 0.0261. The Bertz CT molecular complexity index is 360. The highest BCUT2D eigenvalue weighted by molar-refractivity contribution is 7.97. The van der Waals surface area contributed by atoms with Crippen LogP contribution in [-0.4, -0.2) is 28.2 Å². The van der Waals surface area contributed by atoms with E-state index in [0.717, 1.165) is 32.1 Å². The molecule has 0 aromatic carbocycles. The summed E-state index contributed by atoms with van der Waals surface area (Å²) >= 11 is 1.42. The van der Waals surface area contributed by atoms with E-state index in [4.69, 9.17) is 0 Å². The van der Waals surface area contributed by atoms with Gasteiger partial charge in [0.15, 0.2) is 0 Å². The van der Waals surface area contributed by atoms with Crippen molar-refractivity contribution in [2.24, 2.45) is 11.8 Å². The summed E-state index contributed by atoms with van der Waals surface area (Å²) in [6.45, 7) is 0. The molecule has 2 N–H and O–H groups in total. The molecule has 0 amide bonds. The zero-order valence-electron chi connectivity index (χ0n) is 11.5. The van der Waals surface area contributed by atoms with Gasteiger partial charge in [0, 0.05) is 17.7 Å². The maximum atomic E-state index is 12.1. The molecule has 0 aliphatic heterocycles. The molecule has 0 aromatic rings. The van der Waals surface area contributed by atoms with E-state index < -0.39 is 18.2 Å². The molecule has 2 atom stereocenters. The lowest BCUT2D eigenvalue weighted by Gasteiger charge is -2.60. The van der Waals surface area contributed by atoms with Gasteiger partial charge in [0.1, 0.15) is 0 Å². The number of hydrogen-bond acceptors (Lipinski definition) is 3. The van der Waals surface area contributed by atoms with Gasteiger partial charge in [0.05, 0.1) is 5.60 Å². The summed E-state index contributed by atoms with van der Waals surface area (Å²) in [6, 6.07) is 0. The Hall–Kier alpha value is 0.0600. The summed E-state index contributed by atoms with van der Waals surface area (Å²) < 4.78 is 39.7. The van der Waals surface area contributed by atoms with Crippen LogP contribution in [0.3, 0.4) is 0 Å². The fourth-order valence-electron chi connectivity index (χ4n) is 4.88. The smallest absolute Gasteiger partial charge is 0.389 e. The molecule has 0 spiro atoms. The third kappa shape index (κ3) is 3.28. The molecule has 2 unspecified atom stereocenters. The number of alkyl halides is 3. The third-order valence-electron chi connectivity index (χ3n) is 5.03. The fourth-order valence-corrected chi connectivity index (χ4v) is 5.82. The molecule has 4 aliphatic carbocycles. The van der Waals surface area contributed by atoms with E-state index in [2.05, 4.69) is 4.72 Å². The van der Waals surface area contributed by atoms with Gasteiger partial charge in [-0.15, -0.1) is 0 Å². The van der Waals surface area contributed by atoms with E-state index >= 15 is 0 Å². The van der Waals surface area contributed by atoms with Gasteiger partial charge in [-0.3, -0.25) is 4.72 Å². The average molecular weight is 309 g/mol. The normalized spacial score (nSPS) is 43.2. The van der Waals surface area contributed by atoms with E-state index in [1.807, 2.05) is 0 Å². The van der Waals surface area contributed by atoms with Crippen molar-refractivity contribution in [3.05, 3.63) is 0 Å². The lowest BCUT2D eigenvalue weighted by Crippen LogP contribution is -2.63. The molecule has 0 saturated heterocycles. The van der Waals surface area contributed by atoms with Crippen molar-refractivity contribution in [2.45, 2.75) is 68.7 Å². The second-order valence-corrected chi connectivity index (χ2v) is 8.04. The van der Waals surface area contributed by atoms with Gasteiger partial charge in [-0.05, 0) is 56.8 Å². The molecule has 4 aliphatic rings. The molecule has 6 heteroatoms. The number of aliphatic hydroxyl groups is 1. The largest absolute Gasteiger partial charge is 0.390 e. The van der Waals surface area contributed by atoms with Crippen molar-refractivity contribution >= 4 is 11.9 Å². The molecular weight excluding hydrogens is 287 g/mol. The Kier molecular flexibility index (Phi) is 3.79. The Morgan fingerprint density at radius 1 is 1.15 bits per heavy atom. The van der Waals surface area contributed by atoms with Gasteiger partial charge in [0.2, 0.25) is 0 Å². The van der Waals surface area contributed by atoms with Gasteiger partial charge in [0.25, 0.3) is 0 Å². The molecule has 0 heterocycles. The highest BCUT2D eigenvalue weighted by Crippen LogP contribution is 2.57. The first-order valence-corrected chi connectivity index (χ1v) is 8.44. The third-order valence-corrected chi connectivity index (χ3v) is 6.10. The van der Waals surface area contributed by atoms with Crippen LogP contribution in [0.25, 0.3) is 0 Å². The molecule has 2 nitrogen and oxygen atoms in total. The summed E-state index contributed by atoms with van der Waals surface area (Å²) in [5.74, 6) is 1.68. The summed E-state index contributed by atoms with van der Waals surface area (Å²) in [6.07, 6.45) is 1.42. The molecule has 116 valence electrons. The summed E-state index contributed by atoms with van der Waals surface area (Å²) in [7, 11) is 0. The minimum atomic E-state index is -4.05. The topological polar surface area (TPSA) is 32.3 Å². The average Bonchev–Trinajstić information content (AvgIpc) is 2.22. The molecule has 4 rings (SSSR count). The van der Waals surface area contributed by atoms with Crippen LogP contribution < -0.4 is 4.72 Å². The molecule has 0 radical (unpaired) electrons. The Morgan fingerprint density at radius 2 is 1.80 bits per heavy atom. The summed E-state index contributed by atoms with van der Waals surface area (Å²) in [5.41, 5.74) is -0.536. The highest BCUT2D eigenvalue weighted by Gasteiger charge is 2.57. The van der Waals surface area contributed by atoms with Gasteiger partial charge >= 0.3 is 6.18 Å². The fraction of sp³-hybridized carbons (Fsp3) is 1.00. The lowest BCUT2D eigenvalue weighted by atomic mass is 9.51. The van der Waals surface area contributed by atoms with E-state index in [0.29, 0.717) is 17.6 Å². The maximum absolute atomic E-state index is 12.1. The van der Waals surface area contributed by atoms with Crippen LogP contribution in [-0.2, 0) is 0 Å². The number of halogens is 3. The molecule has 0 aromatic heterocycles. The summed E-state index contributed by atoms with van der Waals surface area (Å²) in [5, 5.41) is 10.6. The van der Waals surface area contributed by atoms with Crippen LogP contribution >= 0.6 is 11.9 Å². The molecule has 4 saturated carbocycles. The van der Waals surface area contributed by atoms with Gasteiger partial charge < -0.3 is 5.11 Å². The van der Waals surface area contributed by atoms with Crippen LogP contribution in [0.2, 0.25) is 0 Å². The first-order chi connectivity index (χ1) is 9.28. The van der Waals surface area contributed by atoms with Crippen molar-refractivity contribution in [3.63, 3.8) is 0 Å². The van der Waals surface area contributed by atoms with E-state index in [1.54, 1.807) is 0 Å². The highest BCUT2D eigenvalue weighted by atomic mass is 32.2. The Balaban J connectivity index is 1.48. The van der Waals surface area contributed by atoms with Crippen LogP contribution in [0.4, 0.5) is 13.2 Å². The number of nitrogens with one attached hydrogen (secondary N) is 1. The van der Waals surface area contributed by atoms with Crippen LogP contribution in [0.1, 0.15) is 51.4 Å². The van der Waals surface area contributed by atoms with E-state index in [-0.39, 0.29) is 12.0 Å². The van der Waals surface area contributed by atoms with Gasteiger partial charge in [-0.25, -0.2) is 0 Å². The molecular formula is C14H22F3NOS. The molecule has 4 fully saturated rings. The predicted molar refractivity (Wildman–Crippen MR) is 73.2 cm³/mol. The first kappa shape index (κ1) is 15.0. The quantitative estimate of drug-likeness (QED) is 0.600. The Labute approximate surface area is 122 Å². The standard InChI is InChI=1S/C14H22F3NOS/c15-14(16,17)2-1-3-20-18-12-5-10-4-11(6-12)8-13(19,7-10)9-12/h10-11,18-19H,1-9H2. The zero-order chi connectivity index (χ0) is 14.4. The van der Waals surface area contributed by atoms with Gasteiger partial charge in [-0.2, -0.15) is 13.2 Å². The lowest BCUT2D eigenvalue weighted by molar-refractivity contribution is -0.136. The van der Waals surface area contributed by atoms with Gasteiger partial charge in [-0.1, -0.05) is 11.9 Å². The maximum Gasteiger partial charge on any atom is 0.389 e. The minimum Gasteiger partial charge on any atom is -0.390 e. The molecule has 20 heavy (non-hydrogen) atoms. The number of hydrogen-bond donors (Lipinski definition) is 2. The predicted octanol–water partition coefficient (Wildman–Crippen LogP) is 3.65. The van der Waals surface area contributed by atoms with E-state index in [1.165, 1.54) is 18.4 Å². The second-order valence-electron chi connectivity index (χ2n) is 7.13.